The van der Waals surface area contributed by atoms with Crippen LogP contribution in [0.4, 0.5) is 11.4 Å². The van der Waals surface area contributed by atoms with Crippen molar-refractivity contribution in [2.24, 2.45) is 5.73 Å². The first-order valence-electron chi connectivity index (χ1n) is 7.85. The molecule has 0 radical (unpaired) electrons. The van der Waals surface area contributed by atoms with E-state index in [1.807, 2.05) is 20.8 Å². The standard InChI is InChI=1S/C14H23N3O3.C2H5Br.Mg/c1-3-14(18)11(15)5-4-8-16-12-9-10(2)6-7-13(12)17(19)20;1-2-3;/h6-7,9,11,14,16,18H,3-5,8,15H2,1-2H3;2H2,1H3;/q;;+2. The van der Waals surface area contributed by atoms with Gasteiger partial charge in [0.1, 0.15) is 5.69 Å². The van der Waals surface area contributed by atoms with Crippen LogP contribution in [0.1, 0.15) is 38.7 Å². The van der Waals surface area contributed by atoms with Crippen molar-refractivity contribution in [2.45, 2.75) is 52.2 Å². The Hall–Kier alpha value is -0.414. The van der Waals surface area contributed by atoms with Crippen LogP contribution in [0.2, 0.25) is 0 Å². The molecule has 0 saturated carbocycles. The molecule has 0 spiro atoms. The molecule has 0 amide bonds. The van der Waals surface area contributed by atoms with Crippen LogP contribution in [0.25, 0.3) is 0 Å². The number of hydrogen-bond donors (Lipinski definition) is 3. The van der Waals surface area contributed by atoms with Gasteiger partial charge in [0, 0.05) is 24.0 Å². The third-order valence-corrected chi connectivity index (χ3v) is 3.29. The second-order valence-corrected chi connectivity index (χ2v) is 6.37. The number of nitrogens with one attached hydrogen (secondary N) is 1. The van der Waals surface area contributed by atoms with Gasteiger partial charge >= 0.3 is 23.1 Å². The molecule has 0 aliphatic carbocycles. The summed E-state index contributed by atoms with van der Waals surface area (Å²) < 4.78 is 0. The molecule has 0 aliphatic rings. The fourth-order valence-electron chi connectivity index (χ4n) is 2.01. The Morgan fingerprint density at radius 1 is 1.42 bits per heavy atom. The van der Waals surface area contributed by atoms with Gasteiger partial charge in [-0.2, -0.15) is 0 Å². The van der Waals surface area contributed by atoms with E-state index in [0.717, 1.165) is 17.3 Å². The molecule has 1 aromatic rings. The number of halogens is 1. The maximum absolute atomic E-state index is 10.9. The van der Waals surface area contributed by atoms with E-state index in [9.17, 15) is 15.2 Å². The summed E-state index contributed by atoms with van der Waals surface area (Å²) in [5.74, 6) is 0. The van der Waals surface area contributed by atoms with Crippen molar-refractivity contribution in [1.82, 2.24) is 0 Å². The Morgan fingerprint density at radius 2 is 2.00 bits per heavy atom. The van der Waals surface area contributed by atoms with Crippen LogP contribution in [0.15, 0.2) is 18.2 Å². The largest absolute Gasteiger partial charge is 2.00 e. The molecule has 24 heavy (non-hydrogen) atoms. The first-order valence-corrected chi connectivity index (χ1v) is 8.97. The van der Waals surface area contributed by atoms with Crippen molar-refractivity contribution in [2.75, 3.05) is 17.2 Å². The minimum atomic E-state index is -0.483. The van der Waals surface area contributed by atoms with Crippen molar-refractivity contribution in [3.05, 3.63) is 33.9 Å². The van der Waals surface area contributed by atoms with Gasteiger partial charge in [-0.3, -0.25) is 10.1 Å². The number of nitro groups is 1. The van der Waals surface area contributed by atoms with Crippen LogP contribution < -0.4 is 11.1 Å². The number of hydrogen-bond acceptors (Lipinski definition) is 5. The van der Waals surface area contributed by atoms with E-state index >= 15 is 0 Å². The normalized spacial score (nSPS) is 12.2. The van der Waals surface area contributed by atoms with Gasteiger partial charge in [-0.25, -0.2) is 0 Å². The van der Waals surface area contributed by atoms with Gasteiger partial charge in [-0.1, -0.05) is 35.8 Å². The third-order valence-electron chi connectivity index (χ3n) is 3.29. The minimum Gasteiger partial charge on any atom is -0.392 e. The second kappa shape index (κ2) is 14.9. The number of benzene rings is 1. The van der Waals surface area contributed by atoms with E-state index in [0.29, 0.717) is 25.1 Å². The Balaban J connectivity index is 0. The molecule has 0 fully saturated rings. The summed E-state index contributed by atoms with van der Waals surface area (Å²) in [7, 11) is 0. The van der Waals surface area contributed by atoms with Crippen LogP contribution in [-0.2, 0) is 0 Å². The van der Waals surface area contributed by atoms with E-state index in [1.165, 1.54) is 6.07 Å². The van der Waals surface area contributed by atoms with Crippen molar-refractivity contribution < 1.29 is 10.0 Å². The van der Waals surface area contributed by atoms with E-state index in [-0.39, 0.29) is 34.8 Å². The molecule has 1 rings (SSSR count). The van der Waals surface area contributed by atoms with Gasteiger partial charge < -0.3 is 16.2 Å². The monoisotopic (exact) mass is 413 g/mol. The van der Waals surface area contributed by atoms with E-state index in [1.54, 1.807) is 12.1 Å². The molecule has 1 aromatic carbocycles. The zero-order valence-electron chi connectivity index (χ0n) is 14.8. The number of aliphatic hydroxyl groups is 1. The number of nitrogens with two attached hydrogens (primary N) is 1. The summed E-state index contributed by atoms with van der Waals surface area (Å²) in [4.78, 5) is 10.5. The van der Waals surface area contributed by atoms with E-state index < -0.39 is 11.0 Å². The Bertz CT molecular complexity index is 478. The SMILES string of the molecule is CCBr.CCC(O)C(N)CCCNc1cc(C)ccc1[N+](=O)[O-].[Mg+2]. The van der Waals surface area contributed by atoms with Crippen molar-refractivity contribution in [3.8, 4) is 0 Å². The Labute approximate surface area is 169 Å². The molecule has 0 aliphatic heterocycles. The van der Waals surface area contributed by atoms with Gasteiger partial charge in [0.2, 0.25) is 0 Å². The maximum atomic E-state index is 10.9. The molecule has 0 saturated heterocycles. The minimum absolute atomic E-state index is 0. The summed E-state index contributed by atoms with van der Waals surface area (Å²) >= 11 is 3.15. The number of nitro benzene ring substituents is 1. The summed E-state index contributed by atoms with van der Waals surface area (Å²) in [5.41, 5.74) is 7.40. The Kier molecular flexibility index (Phi) is 16.0. The van der Waals surface area contributed by atoms with Crippen LogP contribution >= 0.6 is 15.9 Å². The summed E-state index contributed by atoms with van der Waals surface area (Å²) in [6.45, 7) is 6.41. The van der Waals surface area contributed by atoms with E-state index in [4.69, 9.17) is 5.73 Å². The van der Waals surface area contributed by atoms with Gasteiger partial charge in [0.25, 0.3) is 5.69 Å². The molecule has 8 heteroatoms. The number of anilines is 1. The number of alkyl halides is 1. The molecular weight excluding hydrogens is 386 g/mol. The van der Waals surface area contributed by atoms with Crippen LogP contribution in [0.3, 0.4) is 0 Å². The number of aryl methyl sites for hydroxylation is 1. The predicted molar refractivity (Wildman–Crippen MR) is 105 cm³/mol. The van der Waals surface area contributed by atoms with Crippen molar-refractivity contribution >= 4 is 50.4 Å². The number of nitrogens with zero attached hydrogens (tertiary/aromatic N) is 1. The zero-order chi connectivity index (χ0) is 17.8. The van der Waals surface area contributed by atoms with Crippen molar-refractivity contribution in [3.63, 3.8) is 0 Å². The molecule has 4 N–H and O–H groups in total. The van der Waals surface area contributed by atoms with Crippen molar-refractivity contribution in [1.29, 1.82) is 0 Å². The van der Waals surface area contributed by atoms with E-state index in [2.05, 4.69) is 21.2 Å². The Morgan fingerprint density at radius 3 is 2.50 bits per heavy atom. The van der Waals surface area contributed by atoms with Crippen LogP contribution in [0, 0.1) is 17.0 Å². The molecule has 132 valence electrons. The molecule has 0 aromatic heterocycles. The fourth-order valence-corrected chi connectivity index (χ4v) is 2.01. The van der Waals surface area contributed by atoms with Gasteiger partial charge in [0.05, 0.1) is 11.0 Å². The molecule has 2 atom stereocenters. The topological polar surface area (TPSA) is 101 Å². The molecular formula is C16H28BrMgN3O3+2. The fraction of sp³-hybridized carbons (Fsp3) is 0.625. The van der Waals surface area contributed by atoms with Gasteiger partial charge in [-0.05, 0) is 37.8 Å². The zero-order valence-corrected chi connectivity index (χ0v) is 17.8. The predicted octanol–water partition coefficient (Wildman–Crippen LogP) is 3.21. The quantitative estimate of drug-likeness (QED) is 0.199. The summed E-state index contributed by atoms with van der Waals surface area (Å²) in [5, 5.41) is 24.6. The number of aliphatic hydroxyl groups excluding tert-OH is 1. The van der Waals surface area contributed by atoms with Gasteiger partial charge in [-0.15, -0.1) is 0 Å². The van der Waals surface area contributed by atoms with Crippen LogP contribution in [-0.4, -0.2) is 57.1 Å². The molecule has 0 heterocycles. The smallest absolute Gasteiger partial charge is 0.392 e. The second-order valence-electron chi connectivity index (χ2n) is 5.25. The third kappa shape index (κ3) is 10.5. The van der Waals surface area contributed by atoms with Crippen LogP contribution in [0.5, 0.6) is 0 Å². The average Bonchev–Trinajstić information content (AvgIpc) is 2.51. The molecule has 2 unspecified atom stereocenters. The molecule has 0 bridgehead atoms. The first-order chi connectivity index (χ1) is 10.9. The maximum Gasteiger partial charge on any atom is 2.00 e. The average molecular weight is 415 g/mol. The number of rotatable bonds is 8. The first kappa shape index (κ1) is 25.8. The summed E-state index contributed by atoms with van der Waals surface area (Å²) in [6, 6.07) is 4.74. The summed E-state index contributed by atoms with van der Waals surface area (Å²) in [6.07, 6.45) is 1.59. The molecule has 6 nitrogen and oxygen atoms in total. The van der Waals surface area contributed by atoms with Gasteiger partial charge in [0.15, 0.2) is 0 Å².